The highest BCUT2D eigenvalue weighted by Crippen LogP contribution is 2.40. The van der Waals surface area contributed by atoms with E-state index in [1.165, 1.54) is 40.6 Å². The number of aromatic nitrogens is 9. The number of amides is 1. The summed E-state index contributed by atoms with van der Waals surface area (Å²) < 4.78 is 42.3. The third-order valence-corrected chi connectivity index (χ3v) is 7.48. The van der Waals surface area contributed by atoms with E-state index in [9.17, 15) is 4.79 Å². The molecule has 0 radical (unpaired) electrons. The maximum atomic E-state index is 15.2. The first-order chi connectivity index (χ1) is 22.5. The van der Waals surface area contributed by atoms with E-state index >= 15 is 4.39 Å². The second-order valence-electron chi connectivity index (χ2n) is 10.7. The summed E-state index contributed by atoms with van der Waals surface area (Å²) >= 11 is 0. The molecule has 1 fully saturated rings. The average Bonchev–Trinajstić information content (AvgIpc) is 3.39. The summed E-state index contributed by atoms with van der Waals surface area (Å²) in [6.07, 6.45) is 8.81. The Labute approximate surface area is 263 Å². The van der Waals surface area contributed by atoms with E-state index in [1.807, 2.05) is 24.4 Å². The number of imidazole rings is 1. The van der Waals surface area contributed by atoms with Crippen molar-refractivity contribution in [3.05, 3.63) is 77.0 Å². The number of tetrazole rings is 1. The molecule has 0 atom stereocenters. The molecule has 1 aliphatic carbocycles. The molecule has 1 amide bonds. The van der Waals surface area contributed by atoms with Crippen LogP contribution in [0.2, 0.25) is 0 Å². The lowest BCUT2D eigenvalue weighted by Gasteiger charge is -2.17. The molecule has 0 unspecified atom stereocenters. The third-order valence-electron chi connectivity index (χ3n) is 7.48. The summed E-state index contributed by atoms with van der Waals surface area (Å²) in [5, 5.41) is 21.9. The second-order valence-corrected chi connectivity index (χ2v) is 10.7. The number of rotatable bonds is 16. The zero-order chi connectivity index (χ0) is 32.0. The number of hydrogen-bond donors (Lipinski definition) is 1. The first-order valence-electron chi connectivity index (χ1n) is 15.1. The van der Waals surface area contributed by atoms with Crippen LogP contribution in [0.5, 0.6) is 5.75 Å². The monoisotopic (exact) mass is 634 g/mol. The van der Waals surface area contributed by atoms with E-state index in [2.05, 4.69) is 43.4 Å². The molecular weight excluding hydrogens is 599 g/mol. The first-order valence-corrected chi connectivity index (χ1v) is 15.1. The Balaban J connectivity index is 1.14. The highest BCUT2D eigenvalue weighted by Gasteiger charge is 2.25. The van der Waals surface area contributed by atoms with Crippen molar-refractivity contribution in [3.8, 4) is 11.4 Å². The molecule has 46 heavy (non-hydrogen) atoms. The lowest BCUT2D eigenvalue weighted by molar-refractivity contribution is -0.169. The van der Waals surface area contributed by atoms with Gasteiger partial charge in [-0.15, -0.1) is 10.2 Å². The number of hydrogen-bond acceptors (Lipinski definition) is 11. The molecule has 4 heterocycles. The molecule has 15 nitrogen and oxygen atoms in total. The molecule has 0 aliphatic heterocycles. The predicted octanol–water partition coefficient (Wildman–Crippen LogP) is 2.82. The third kappa shape index (κ3) is 7.03. The van der Waals surface area contributed by atoms with Crippen molar-refractivity contribution in [2.24, 2.45) is 0 Å². The van der Waals surface area contributed by atoms with Gasteiger partial charge < -0.3 is 28.7 Å². The van der Waals surface area contributed by atoms with E-state index in [0.717, 1.165) is 29.7 Å². The summed E-state index contributed by atoms with van der Waals surface area (Å²) in [6, 6.07) is 5.23. The molecule has 0 bridgehead atoms. The number of halogens is 1. The molecule has 1 saturated carbocycles. The molecule has 1 aromatic carbocycles. The highest BCUT2D eigenvalue weighted by molar-refractivity contribution is 5.91. The zero-order valence-corrected chi connectivity index (χ0v) is 25.8. The predicted molar refractivity (Wildman–Crippen MR) is 160 cm³/mol. The molecule has 5 aromatic rings. The van der Waals surface area contributed by atoms with Crippen molar-refractivity contribution in [2.75, 3.05) is 26.9 Å². The standard InChI is InChI=1S/C30H35FN10O5/c1-4-45-27(46-5-2)17-44-16-21-10-20(19-6-7-19)12-39-13-22(34-29(21)39)14-40-15-24(35-37-40)30(42)32-11-23-25(41-18-33-36-38-41)8-9-26(43-3)28(23)31/h8-10,12-13,15,18-19,27H,4-7,11,14,16-17H2,1-3H3,(H,32,42). The van der Waals surface area contributed by atoms with Crippen molar-refractivity contribution in [3.63, 3.8) is 0 Å². The molecule has 1 N–H and O–H groups in total. The maximum Gasteiger partial charge on any atom is 0.273 e. The van der Waals surface area contributed by atoms with Crippen LogP contribution in [0.25, 0.3) is 11.3 Å². The van der Waals surface area contributed by atoms with Crippen LogP contribution in [0.4, 0.5) is 4.39 Å². The van der Waals surface area contributed by atoms with Crippen LogP contribution in [0.15, 0.2) is 43.1 Å². The minimum absolute atomic E-state index is 0.0265. The lowest BCUT2D eigenvalue weighted by Crippen LogP contribution is -2.25. The number of carbonyl (C=O) groups is 1. The molecule has 6 rings (SSSR count). The quantitative estimate of drug-likeness (QED) is 0.159. The van der Waals surface area contributed by atoms with Gasteiger partial charge in [0.2, 0.25) is 0 Å². The largest absolute Gasteiger partial charge is 0.494 e. The fourth-order valence-corrected chi connectivity index (χ4v) is 5.15. The number of carbonyl (C=O) groups excluding carboxylic acids is 1. The minimum atomic E-state index is -0.635. The van der Waals surface area contributed by atoms with Gasteiger partial charge in [0, 0.05) is 43.3 Å². The van der Waals surface area contributed by atoms with Crippen molar-refractivity contribution in [1.82, 2.24) is 49.9 Å². The van der Waals surface area contributed by atoms with Gasteiger partial charge in [-0.05, 0) is 66.8 Å². The van der Waals surface area contributed by atoms with Crippen molar-refractivity contribution >= 4 is 11.6 Å². The molecule has 1 aliphatic rings. The van der Waals surface area contributed by atoms with Crippen molar-refractivity contribution < 1.29 is 28.1 Å². The van der Waals surface area contributed by atoms with Gasteiger partial charge in [-0.1, -0.05) is 5.21 Å². The first kappa shape index (κ1) is 31.2. The Morgan fingerprint density at radius 2 is 1.96 bits per heavy atom. The summed E-state index contributed by atoms with van der Waals surface area (Å²) in [5.41, 5.74) is 4.30. The van der Waals surface area contributed by atoms with E-state index in [0.29, 0.717) is 38.0 Å². The van der Waals surface area contributed by atoms with Crippen molar-refractivity contribution in [2.45, 2.75) is 58.6 Å². The molecular formula is C30H35FN10O5. The number of nitrogens with zero attached hydrogens (tertiary/aromatic N) is 9. The van der Waals surface area contributed by atoms with Crippen LogP contribution in [0, 0.1) is 5.82 Å². The van der Waals surface area contributed by atoms with Gasteiger partial charge in [-0.25, -0.2) is 18.7 Å². The van der Waals surface area contributed by atoms with Crippen LogP contribution in [-0.2, 0) is 33.9 Å². The molecule has 0 spiro atoms. The highest BCUT2D eigenvalue weighted by atomic mass is 19.1. The number of benzene rings is 1. The number of ether oxygens (including phenoxy) is 4. The molecule has 242 valence electrons. The van der Waals surface area contributed by atoms with Gasteiger partial charge in [-0.3, -0.25) is 4.79 Å². The Morgan fingerprint density at radius 1 is 1.13 bits per heavy atom. The van der Waals surface area contributed by atoms with E-state index in [-0.39, 0.29) is 30.1 Å². The zero-order valence-electron chi connectivity index (χ0n) is 25.8. The fourth-order valence-electron chi connectivity index (χ4n) is 5.15. The van der Waals surface area contributed by atoms with Gasteiger partial charge in [-0.2, -0.15) is 0 Å². The SMILES string of the molecule is CCOC(COCc1cc(C2CC2)cn2cc(Cn3cc(C(=O)NCc4c(-n5cnnn5)ccc(OC)c4F)nn3)nc12)OCC. The Hall–Kier alpha value is -4.80. The second kappa shape index (κ2) is 14.1. The number of nitrogens with one attached hydrogen (secondary N) is 1. The van der Waals surface area contributed by atoms with E-state index in [1.54, 1.807) is 6.07 Å². The van der Waals surface area contributed by atoms with Crippen LogP contribution < -0.4 is 10.1 Å². The Morgan fingerprint density at radius 3 is 2.67 bits per heavy atom. The Kier molecular flexibility index (Phi) is 9.56. The van der Waals surface area contributed by atoms with Gasteiger partial charge in [0.25, 0.3) is 5.91 Å². The summed E-state index contributed by atoms with van der Waals surface area (Å²) in [6.45, 7) is 5.69. The summed E-state index contributed by atoms with van der Waals surface area (Å²) in [7, 11) is 1.36. The van der Waals surface area contributed by atoms with Gasteiger partial charge in [0.05, 0.1) is 44.4 Å². The fraction of sp³-hybridized carbons (Fsp3) is 0.433. The van der Waals surface area contributed by atoms with Crippen LogP contribution in [-0.4, -0.2) is 83.7 Å². The van der Waals surface area contributed by atoms with Gasteiger partial charge in [0.15, 0.2) is 23.6 Å². The minimum Gasteiger partial charge on any atom is -0.494 e. The number of pyridine rings is 1. The molecule has 16 heteroatoms. The maximum absolute atomic E-state index is 15.2. The van der Waals surface area contributed by atoms with Crippen LogP contribution in [0.1, 0.15) is 65.5 Å². The molecule has 0 saturated heterocycles. The Bertz CT molecular complexity index is 1780. The average molecular weight is 635 g/mol. The number of methoxy groups -OCH3 is 1. The smallest absolute Gasteiger partial charge is 0.273 e. The topological polar surface area (TPSA) is 158 Å². The van der Waals surface area contributed by atoms with E-state index < -0.39 is 18.0 Å². The van der Waals surface area contributed by atoms with Crippen LogP contribution >= 0.6 is 0 Å². The summed E-state index contributed by atoms with van der Waals surface area (Å²) in [5.74, 6) is -0.598. The molecule has 4 aromatic heterocycles. The van der Waals surface area contributed by atoms with Crippen molar-refractivity contribution in [1.29, 1.82) is 0 Å². The van der Waals surface area contributed by atoms with Gasteiger partial charge in [0.1, 0.15) is 12.0 Å². The van der Waals surface area contributed by atoms with E-state index in [4.69, 9.17) is 23.9 Å². The lowest BCUT2D eigenvalue weighted by atomic mass is 10.1. The van der Waals surface area contributed by atoms with Gasteiger partial charge >= 0.3 is 0 Å². The normalized spacial score (nSPS) is 13.2. The number of fused-ring (bicyclic) bond motifs is 1. The summed E-state index contributed by atoms with van der Waals surface area (Å²) in [4.78, 5) is 17.8. The van der Waals surface area contributed by atoms with Crippen LogP contribution in [0.3, 0.4) is 0 Å².